The van der Waals surface area contributed by atoms with Crippen molar-refractivity contribution in [2.45, 2.75) is 18.5 Å². The molecule has 9 nitrogen and oxygen atoms in total. The Balaban J connectivity index is 1.90. The highest BCUT2D eigenvalue weighted by molar-refractivity contribution is 7.98. The number of esters is 1. The first kappa shape index (κ1) is 21.0. The van der Waals surface area contributed by atoms with E-state index < -0.39 is 5.97 Å². The summed E-state index contributed by atoms with van der Waals surface area (Å²) in [5, 5.41) is 3.58. The molecule has 1 fully saturated rings. The zero-order valence-electron chi connectivity index (χ0n) is 16.4. The summed E-state index contributed by atoms with van der Waals surface area (Å²) in [6.07, 6.45) is 4.21. The maximum absolute atomic E-state index is 12.5. The minimum Gasteiger partial charge on any atom is -0.462 e. The van der Waals surface area contributed by atoms with E-state index in [4.69, 9.17) is 9.47 Å². The highest BCUT2D eigenvalue weighted by atomic mass is 32.2. The SMILES string of the molecule is CCOC(=O)c1c(CC=O)nc(SC)nc1Nc1ccc(N2CCOCC2)nc1. The summed E-state index contributed by atoms with van der Waals surface area (Å²) in [4.78, 5) is 39.0. The molecule has 0 radical (unpaired) electrons. The Bertz CT molecular complexity index is 856. The maximum atomic E-state index is 12.5. The van der Waals surface area contributed by atoms with Gasteiger partial charge in [0.15, 0.2) is 5.16 Å². The Labute approximate surface area is 173 Å². The average Bonchev–Trinajstić information content (AvgIpc) is 2.75. The Kier molecular flexibility index (Phi) is 7.36. The third kappa shape index (κ3) is 5.21. The van der Waals surface area contributed by atoms with Gasteiger partial charge >= 0.3 is 5.97 Å². The fraction of sp³-hybridized carbons (Fsp3) is 0.421. The van der Waals surface area contributed by atoms with Gasteiger partial charge in [-0.05, 0) is 25.3 Å². The van der Waals surface area contributed by atoms with Gasteiger partial charge in [-0.2, -0.15) is 0 Å². The van der Waals surface area contributed by atoms with Crippen LogP contribution >= 0.6 is 11.8 Å². The summed E-state index contributed by atoms with van der Waals surface area (Å²) in [6, 6.07) is 3.77. The highest BCUT2D eigenvalue weighted by Crippen LogP contribution is 2.26. The molecule has 0 aliphatic carbocycles. The minimum atomic E-state index is -0.572. The molecule has 10 heteroatoms. The number of rotatable bonds is 8. The van der Waals surface area contributed by atoms with Gasteiger partial charge in [0.05, 0.1) is 37.4 Å². The topological polar surface area (TPSA) is 107 Å². The quantitative estimate of drug-likeness (QED) is 0.297. The lowest BCUT2D eigenvalue weighted by Gasteiger charge is -2.27. The normalized spacial score (nSPS) is 13.8. The number of ether oxygens (including phenoxy) is 2. The molecular formula is C19H23N5O4S. The van der Waals surface area contributed by atoms with Gasteiger partial charge in [0.25, 0.3) is 0 Å². The summed E-state index contributed by atoms with van der Waals surface area (Å²) in [5.74, 6) is 0.580. The molecule has 1 saturated heterocycles. The molecule has 2 aromatic rings. The van der Waals surface area contributed by atoms with Crippen molar-refractivity contribution in [3.63, 3.8) is 0 Å². The van der Waals surface area contributed by atoms with Crippen LogP contribution in [0.3, 0.4) is 0 Å². The second-order valence-corrected chi connectivity index (χ2v) is 6.87. The zero-order valence-corrected chi connectivity index (χ0v) is 17.2. The molecule has 1 N–H and O–H groups in total. The van der Waals surface area contributed by atoms with Gasteiger partial charge in [-0.1, -0.05) is 11.8 Å². The first-order chi connectivity index (χ1) is 14.2. The smallest absolute Gasteiger partial charge is 0.343 e. The predicted octanol–water partition coefficient (Wildman–Crippen LogP) is 2.09. The van der Waals surface area contributed by atoms with E-state index in [-0.39, 0.29) is 18.6 Å². The van der Waals surface area contributed by atoms with Gasteiger partial charge in [0, 0.05) is 19.5 Å². The van der Waals surface area contributed by atoms with Gasteiger partial charge in [0.2, 0.25) is 0 Å². The molecule has 0 bridgehead atoms. The van der Waals surface area contributed by atoms with Crippen LogP contribution in [-0.4, -0.2) is 66.4 Å². The second-order valence-electron chi connectivity index (χ2n) is 6.10. The van der Waals surface area contributed by atoms with Crippen LogP contribution in [0.2, 0.25) is 0 Å². The van der Waals surface area contributed by atoms with Crippen LogP contribution in [-0.2, 0) is 20.7 Å². The molecule has 0 spiro atoms. The van der Waals surface area contributed by atoms with Crippen molar-refractivity contribution in [2.75, 3.05) is 49.4 Å². The van der Waals surface area contributed by atoms with Crippen molar-refractivity contribution >= 4 is 41.3 Å². The zero-order chi connectivity index (χ0) is 20.6. The Morgan fingerprint density at radius 1 is 1.34 bits per heavy atom. The van der Waals surface area contributed by atoms with Crippen molar-refractivity contribution in [1.29, 1.82) is 0 Å². The lowest BCUT2D eigenvalue weighted by Crippen LogP contribution is -2.36. The number of aromatic nitrogens is 3. The summed E-state index contributed by atoms with van der Waals surface area (Å²) in [5.41, 5.74) is 1.16. The number of nitrogens with zero attached hydrogens (tertiary/aromatic N) is 4. The first-order valence-corrected chi connectivity index (χ1v) is 10.5. The van der Waals surface area contributed by atoms with Crippen molar-refractivity contribution in [3.8, 4) is 0 Å². The van der Waals surface area contributed by atoms with Crippen LogP contribution in [0.4, 0.5) is 17.3 Å². The largest absolute Gasteiger partial charge is 0.462 e. The van der Waals surface area contributed by atoms with Crippen LogP contribution in [0.15, 0.2) is 23.5 Å². The van der Waals surface area contributed by atoms with E-state index in [2.05, 4.69) is 25.2 Å². The van der Waals surface area contributed by atoms with E-state index in [1.165, 1.54) is 11.8 Å². The van der Waals surface area contributed by atoms with Crippen LogP contribution in [0.1, 0.15) is 23.0 Å². The van der Waals surface area contributed by atoms with Gasteiger partial charge < -0.3 is 24.5 Å². The second kappa shape index (κ2) is 10.2. The number of thioether (sulfide) groups is 1. The number of aldehydes is 1. The fourth-order valence-corrected chi connectivity index (χ4v) is 3.27. The molecule has 0 unspecified atom stereocenters. The third-order valence-electron chi connectivity index (χ3n) is 4.25. The van der Waals surface area contributed by atoms with E-state index in [0.29, 0.717) is 41.9 Å². The van der Waals surface area contributed by atoms with Crippen molar-refractivity contribution in [2.24, 2.45) is 0 Å². The molecule has 29 heavy (non-hydrogen) atoms. The van der Waals surface area contributed by atoms with E-state index in [0.717, 1.165) is 18.9 Å². The molecular weight excluding hydrogens is 394 g/mol. The molecule has 154 valence electrons. The summed E-state index contributed by atoms with van der Waals surface area (Å²) in [6.45, 7) is 4.88. The Morgan fingerprint density at radius 2 is 2.14 bits per heavy atom. The molecule has 1 aliphatic rings. The molecule has 0 aromatic carbocycles. The van der Waals surface area contributed by atoms with Crippen LogP contribution in [0.25, 0.3) is 0 Å². The number of hydrogen-bond acceptors (Lipinski definition) is 10. The third-order valence-corrected chi connectivity index (χ3v) is 4.80. The number of nitrogens with one attached hydrogen (secondary N) is 1. The van der Waals surface area contributed by atoms with Gasteiger partial charge in [0.1, 0.15) is 23.5 Å². The number of morpholine rings is 1. The highest BCUT2D eigenvalue weighted by Gasteiger charge is 2.22. The van der Waals surface area contributed by atoms with Crippen molar-refractivity contribution in [3.05, 3.63) is 29.6 Å². The van der Waals surface area contributed by atoms with Crippen molar-refractivity contribution < 1.29 is 19.1 Å². The van der Waals surface area contributed by atoms with Crippen LogP contribution in [0, 0.1) is 0 Å². The lowest BCUT2D eigenvalue weighted by atomic mass is 10.1. The maximum Gasteiger partial charge on any atom is 0.343 e. The van der Waals surface area contributed by atoms with Crippen molar-refractivity contribution in [1.82, 2.24) is 15.0 Å². The molecule has 0 amide bonds. The molecule has 2 aromatic heterocycles. The van der Waals surface area contributed by atoms with Crippen LogP contribution in [0.5, 0.6) is 0 Å². The number of carbonyl (C=O) groups is 2. The summed E-state index contributed by atoms with van der Waals surface area (Å²) in [7, 11) is 0. The monoisotopic (exact) mass is 417 g/mol. The van der Waals surface area contributed by atoms with Gasteiger partial charge in [-0.3, -0.25) is 0 Å². The number of pyridine rings is 1. The van der Waals surface area contributed by atoms with E-state index in [1.807, 2.05) is 18.4 Å². The fourth-order valence-electron chi connectivity index (χ4n) is 2.89. The minimum absolute atomic E-state index is 0.00682. The summed E-state index contributed by atoms with van der Waals surface area (Å²) >= 11 is 1.32. The van der Waals surface area contributed by atoms with Gasteiger partial charge in [-0.15, -0.1) is 0 Å². The average molecular weight is 417 g/mol. The predicted molar refractivity (Wildman–Crippen MR) is 110 cm³/mol. The first-order valence-electron chi connectivity index (χ1n) is 9.27. The molecule has 0 saturated carbocycles. The molecule has 0 atom stereocenters. The number of anilines is 3. The van der Waals surface area contributed by atoms with E-state index in [9.17, 15) is 9.59 Å². The summed E-state index contributed by atoms with van der Waals surface area (Å²) < 4.78 is 10.5. The van der Waals surface area contributed by atoms with Crippen LogP contribution < -0.4 is 10.2 Å². The number of carbonyl (C=O) groups excluding carboxylic acids is 2. The molecule has 3 rings (SSSR count). The standard InChI is InChI=1S/C19H23N5O4S/c1-3-28-18(26)16-14(6-9-25)22-19(29-2)23-17(16)21-13-4-5-15(20-12-13)24-7-10-27-11-8-24/h4-5,9,12H,3,6-8,10-11H2,1-2H3,(H,21,22,23). The van der Waals surface area contributed by atoms with E-state index in [1.54, 1.807) is 13.1 Å². The lowest BCUT2D eigenvalue weighted by molar-refractivity contribution is -0.107. The molecule has 1 aliphatic heterocycles. The Hall–Kier alpha value is -2.72. The Morgan fingerprint density at radius 3 is 2.76 bits per heavy atom. The van der Waals surface area contributed by atoms with Gasteiger partial charge in [-0.25, -0.2) is 19.7 Å². The number of hydrogen-bond donors (Lipinski definition) is 1. The molecule has 3 heterocycles. The van der Waals surface area contributed by atoms with E-state index >= 15 is 0 Å².